The molecule has 2 saturated carbocycles. The molecule has 7 heterocycles. The zero-order valence-corrected chi connectivity index (χ0v) is 32.3. The van der Waals surface area contributed by atoms with Gasteiger partial charge in [0.15, 0.2) is 0 Å². The van der Waals surface area contributed by atoms with Gasteiger partial charge in [-0.1, -0.05) is 170 Å². The molecular formula is C44H52N4Si2. The lowest BCUT2D eigenvalue weighted by molar-refractivity contribution is 0.390. The van der Waals surface area contributed by atoms with Gasteiger partial charge in [-0.3, -0.25) is 20.0 Å². The molecule has 6 heteroatoms. The number of rotatable bonds is 0. The molecule has 13 rings (SSSR count). The molecule has 50 heavy (non-hydrogen) atoms. The van der Waals surface area contributed by atoms with Crippen LogP contribution in [-0.2, 0) is 0 Å². The third-order valence-electron chi connectivity index (χ3n) is 11.6. The Hall–Kier alpha value is -4.01. The van der Waals surface area contributed by atoms with E-state index in [9.17, 15) is 0 Å². The Morgan fingerprint density at radius 2 is 0.540 bits per heavy atom. The molecule has 0 amide bonds. The monoisotopic (exact) mass is 692 g/mol. The van der Waals surface area contributed by atoms with E-state index in [1.807, 2.05) is 0 Å². The van der Waals surface area contributed by atoms with E-state index in [0.29, 0.717) is 0 Å². The second-order valence-electron chi connectivity index (χ2n) is 15.7. The molecule has 2 fully saturated rings. The molecule has 7 aliphatic heterocycles. The van der Waals surface area contributed by atoms with Crippen molar-refractivity contribution in [2.24, 2.45) is 20.0 Å². The molecule has 0 N–H and O–H groups in total. The van der Waals surface area contributed by atoms with Crippen LogP contribution in [0.5, 0.6) is 0 Å². The summed E-state index contributed by atoms with van der Waals surface area (Å²) in [7, 11) is -3.71. The highest BCUT2D eigenvalue weighted by Crippen LogP contribution is 2.25. The molecule has 4 aromatic rings. The summed E-state index contributed by atoms with van der Waals surface area (Å²) in [6, 6.07) is 37.5. The zero-order chi connectivity index (χ0) is 34.6. The lowest BCUT2D eigenvalue weighted by Gasteiger charge is -2.26. The van der Waals surface area contributed by atoms with Crippen LogP contribution in [0.4, 0.5) is 0 Å². The Morgan fingerprint density at radius 1 is 0.340 bits per heavy atom. The molecule has 4 atom stereocenters. The molecule has 256 valence electrons. The second-order valence-corrected chi connectivity index (χ2v) is 24.5. The molecule has 0 radical (unpaired) electrons. The Bertz CT molecular complexity index is 1580. The van der Waals surface area contributed by atoms with E-state index in [1.165, 1.54) is 68.7 Å². The van der Waals surface area contributed by atoms with Crippen molar-refractivity contribution in [3.05, 3.63) is 119 Å². The number of hydrogen-bond donors (Lipinski definition) is 0. The SMILES string of the molecule is C[Si]1(C)c2ccc(cc2)C=N[C@@H]2CCCC[C@H]2N=Cc2ccc(cc2)[Si](C)(C)c2ccc(cc2)C=N[C@@H]2CCCC[C@H]2N=Cc2ccc1cc2. The van der Waals surface area contributed by atoms with Crippen molar-refractivity contribution < 1.29 is 0 Å². The quantitative estimate of drug-likeness (QED) is 0.173. The van der Waals surface area contributed by atoms with Crippen LogP contribution < -0.4 is 20.7 Å². The van der Waals surface area contributed by atoms with Gasteiger partial charge in [-0.25, -0.2) is 0 Å². The third kappa shape index (κ3) is 7.82. The van der Waals surface area contributed by atoms with Crippen molar-refractivity contribution >= 4 is 61.8 Å². The molecule has 0 aromatic heterocycles. The lowest BCUT2D eigenvalue weighted by atomic mass is 9.91. The van der Waals surface area contributed by atoms with Crippen LogP contribution in [0.1, 0.15) is 73.6 Å². The summed E-state index contributed by atoms with van der Waals surface area (Å²) >= 11 is 0. The maximum Gasteiger partial charge on any atom is 0.112 e. The summed E-state index contributed by atoms with van der Waals surface area (Å²) in [5.74, 6) is 0. The van der Waals surface area contributed by atoms with Crippen molar-refractivity contribution in [3.8, 4) is 0 Å². The van der Waals surface area contributed by atoms with Gasteiger partial charge in [0.1, 0.15) is 16.1 Å². The highest BCUT2D eigenvalue weighted by atomic mass is 28.3. The van der Waals surface area contributed by atoms with E-state index in [2.05, 4.69) is 148 Å². The molecule has 0 unspecified atom stereocenters. The molecule has 8 bridgehead atoms. The van der Waals surface area contributed by atoms with Crippen LogP contribution in [0.15, 0.2) is 117 Å². The summed E-state index contributed by atoms with van der Waals surface area (Å²) in [6.07, 6.45) is 17.6. The Morgan fingerprint density at radius 3 is 0.740 bits per heavy atom. The van der Waals surface area contributed by atoms with Crippen molar-refractivity contribution in [1.29, 1.82) is 0 Å². The smallest absolute Gasteiger partial charge is 0.112 e. The van der Waals surface area contributed by atoms with Crippen LogP contribution in [0, 0.1) is 0 Å². The molecule has 2 aliphatic carbocycles. The fraction of sp³-hybridized carbons (Fsp3) is 0.364. The normalized spacial score (nSPS) is 24.6. The predicted octanol–water partition coefficient (Wildman–Crippen LogP) is 7.34. The number of benzene rings is 4. The minimum Gasteiger partial charge on any atom is -0.287 e. The van der Waals surface area contributed by atoms with E-state index in [4.69, 9.17) is 20.0 Å². The van der Waals surface area contributed by atoms with Gasteiger partial charge in [0.05, 0.1) is 24.2 Å². The predicted molar refractivity (Wildman–Crippen MR) is 222 cm³/mol. The summed E-state index contributed by atoms with van der Waals surface area (Å²) in [5, 5.41) is 5.74. The van der Waals surface area contributed by atoms with Gasteiger partial charge in [0, 0.05) is 24.9 Å². The Balaban J connectivity index is 1.20. The van der Waals surface area contributed by atoms with Gasteiger partial charge in [0.2, 0.25) is 0 Å². The largest absolute Gasteiger partial charge is 0.287 e. The standard InChI is InChI=1S/C44H52N4Si2/c1-49(2)37-21-13-33(14-22-37)29-45-41-9-5-7-11-43(41)47-31-35-17-25-39(26-18-35)50(3,4)40-27-19-36(20-28-40)32-48-44-12-8-6-10-42(44)46-30-34-15-23-38(49)24-16-34/h13-32,41-44H,5-12H2,1-4H3/t41-,42-,43-,44-/m1/s1. The van der Waals surface area contributed by atoms with Crippen molar-refractivity contribution in [1.82, 2.24) is 0 Å². The number of aliphatic imine (C=N–C) groups is 4. The molecule has 0 saturated heterocycles. The average Bonchev–Trinajstić information content (AvgIpc) is 3.15. The minimum absolute atomic E-state index is 0.232. The Labute approximate surface area is 301 Å². The van der Waals surface area contributed by atoms with Gasteiger partial charge in [-0.05, 0) is 47.9 Å². The first-order valence-corrected chi connectivity index (χ1v) is 24.8. The number of nitrogens with zero attached hydrogens (tertiary/aromatic N) is 4. The first-order chi connectivity index (χ1) is 24.3. The third-order valence-corrected chi connectivity index (χ3v) is 18.7. The van der Waals surface area contributed by atoms with Crippen molar-refractivity contribution in [3.63, 3.8) is 0 Å². The molecular weight excluding hydrogens is 641 g/mol. The maximum absolute atomic E-state index is 5.11. The summed E-state index contributed by atoms with van der Waals surface area (Å²) < 4.78 is 0. The van der Waals surface area contributed by atoms with Crippen LogP contribution >= 0.6 is 0 Å². The van der Waals surface area contributed by atoms with Crippen LogP contribution in [0.25, 0.3) is 0 Å². The van der Waals surface area contributed by atoms with Crippen LogP contribution in [-0.4, -0.2) is 65.2 Å². The second kappa shape index (κ2) is 15.1. The zero-order valence-electron chi connectivity index (χ0n) is 30.3. The average molecular weight is 693 g/mol. The fourth-order valence-electron chi connectivity index (χ4n) is 7.88. The molecule has 9 aliphatic rings. The van der Waals surface area contributed by atoms with E-state index in [1.54, 1.807) is 0 Å². The van der Waals surface area contributed by atoms with E-state index in [0.717, 1.165) is 25.7 Å². The highest BCUT2D eigenvalue weighted by Gasteiger charge is 2.28. The van der Waals surface area contributed by atoms with Crippen molar-refractivity contribution in [2.75, 3.05) is 0 Å². The van der Waals surface area contributed by atoms with Crippen LogP contribution in [0.3, 0.4) is 0 Å². The molecule has 4 aromatic carbocycles. The minimum atomic E-state index is -1.85. The van der Waals surface area contributed by atoms with Crippen LogP contribution in [0.2, 0.25) is 26.2 Å². The number of hydrogen-bond acceptors (Lipinski definition) is 4. The first-order valence-electron chi connectivity index (χ1n) is 18.8. The van der Waals surface area contributed by atoms with Gasteiger partial charge < -0.3 is 0 Å². The molecule has 0 spiro atoms. The highest BCUT2D eigenvalue weighted by molar-refractivity contribution is 7.01. The van der Waals surface area contributed by atoms with E-state index in [-0.39, 0.29) is 24.2 Å². The van der Waals surface area contributed by atoms with Crippen molar-refractivity contribution in [2.45, 2.75) is 102 Å². The first kappa shape index (κ1) is 34.4. The van der Waals surface area contributed by atoms with E-state index < -0.39 is 16.1 Å². The van der Waals surface area contributed by atoms with E-state index >= 15 is 0 Å². The summed E-state index contributed by atoms with van der Waals surface area (Å²) in [6.45, 7) is 9.78. The van der Waals surface area contributed by atoms with Gasteiger partial charge in [-0.15, -0.1) is 0 Å². The molecule has 4 nitrogen and oxygen atoms in total. The lowest BCUT2D eigenvalue weighted by Crippen LogP contribution is -2.52. The van der Waals surface area contributed by atoms with Gasteiger partial charge in [0.25, 0.3) is 0 Å². The maximum atomic E-state index is 5.11. The van der Waals surface area contributed by atoms with Gasteiger partial charge >= 0.3 is 0 Å². The Kier molecular flexibility index (Phi) is 10.4. The topological polar surface area (TPSA) is 49.4 Å². The summed E-state index contributed by atoms with van der Waals surface area (Å²) in [5.41, 5.74) is 4.67. The summed E-state index contributed by atoms with van der Waals surface area (Å²) in [4.78, 5) is 20.4. The van der Waals surface area contributed by atoms with Gasteiger partial charge in [-0.2, -0.15) is 0 Å². The fourth-order valence-corrected chi connectivity index (χ4v) is 12.5.